The number of hydrogen-bond acceptors (Lipinski definition) is 0. The van der Waals surface area contributed by atoms with Gasteiger partial charge in [0.25, 0.3) is 0 Å². The molecule has 130 valence electrons. The Hall–Kier alpha value is -1.55. The Bertz CT molecular complexity index is 720. The van der Waals surface area contributed by atoms with Crippen molar-refractivity contribution in [3.05, 3.63) is 69.5 Å². The molecule has 0 fully saturated rings. The number of benzene rings is 2. The average Bonchev–Trinajstić information content (AvgIpc) is 2.45. The lowest BCUT2D eigenvalue weighted by Crippen LogP contribution is -2.11. The van der Waals surface area contributed by atoms with Gasteiger partial charge in [0.2, 0.25) is 0 Å². The van der Waals surface area contributed by atoms with Crippen LogP contribution in [0.4, 0.5) is 17.6 Å². The first-order chi connectivity index (χ1) is 11.1. The highest BCUT2D eigenvalue weighted by Gasteiger charge is 2.33. The summed E-state index contributed by atoms with van der Waals surface area (Å²) in [6.07, 6.45) is -3.83. The quantitative estimate of drug-likeness (QED) is 0.518. The minimum Gasteiger partial charge on any atom is -0.207 e. The van der Waals surface area contributed by atoms with E-state index in [0.717, 1.165) is 17.2 Å². The molecule has 5 heteroatoms. The smallest absolute Gasteiger partial charge is 0.207 e. The largest absolute Gasteiger partial charge is 0.416 e. The van der Waals surface area contributed by atoms with Gasteiger partial charge >= 0.3 is 6.18 Å². The Labute approximate surface area is 144 Å². The van der Waals surface area contributed by atoms with E-state index in [9.17, 15) is 17.6 Å². The van der Waals surface area contributed by atoms with Gasteiger partial charge in [-0.25, -0.2) is 4.39 Å². The number of hydrogen-bond donors (Lipinski definition) is 0. The van der Waals surface area contributed by atoms with Gasteiger partial charge in [-0.2, -0.15) is 13.2 Å². The zero-order chi connectivity index (χ0) is 18.1. The fraction of sp³-hybridized carbons (Fsp3) is 0.368. The highest BCUT2D eigenvalue weighted by Crippen LogP contribution is 2.36. The van der Waals surface area contributed by atoms with Crippen LogP contribution in [0.1, 0.15) is 54.9 Å². The molecule has 0 radical (unpaired) electrons. The van der Waals surface area contributed by atoms with Crippen molar-refractivity contribution in [2.24, 2.45) is 0 Å². The Morgan fingerprint density at radius 2 is 1.62 bits per heavy atom. The highest BCUT2D eigenvalue weighted by atomic mass is 35.5. The van der Waals surface area contributed by atoms with Crippen LogP contribution in [0.5, 0.6) is 0 Å². The van der Waals surface area contributed by atoms with Crippen LogP contribution in [0, 0.1) is 5.82 Å². The second-order valence-corrected chi connectivity index (χ2v) is 6.75. The molecular formula is C19H19ClF4. The number of halogens is 5. The van der Waals surface area contributed by atoms with Gasteiger partial charge in [0.15, 0.2) is 0 Å². The monoisotopic (exact) mass is 358 g/mol. The standard InChI is InChI=1S/C19H19ClF4/c1-11(2)16-9-13(4-7-17(16)19(22,23)24)8-12(3)15-6-5-14(21)10-18(15)20/h4-7,9-12H,8H2,1-3H3. The van der Waals surface area contributed by atoms with E-state index >= 15 is 0 Å². The summed E-state index contributed by atoms with van der Waals surface area (Å²) in [5.41, 5.74) is 1.29. The van der Waals surface area contributed by atoms with E-state index in [1.807, 2.05) is 6.92 Å². The summed E-state index contributed by atoms with van der Waals surface area (Å²) >= 11 is 6.07. The second kappa shape index (κ2) is 7.14. The molecule has 24 heavy (non-hydrogen) atoms. The second-order valence-electron chi connectivity index (χ2n) is 6.35. The predicted octanol–water partition coefficient (Wildman–Crippen LogP) is 6.97. The van der Waals surface area contributed by atoms with Crippen LogP contribution in [-0.2, 0) is 12.6 Å². The molecule has 0 bridgehead atoms. The molecule has 0 nitrogen and oxygen atoms in total. The van der Waals surface area contributed by atoms with Crippen LogP contribution >= 0.6 is 11.6 Å². The zero-order valence-electron chi connectivity index (χ0n) is 13.7. The Morgan fingerprint density at radius 1 is 0.958 bits per heavy atom. The molecular weight excluding hydrogens is 340 g/mol. The first kappa shape index (κ1) is 18.8. The lowest BCUT2D eigenvalue weighted by atomic mass is 9.89. The van der Waals surface area contributed by atoms with Gasteiger partial charge in [0.1, 0.15) is 5.82 Å². The van der Waals surface area contributed by atoms with Crippen molar-refractivity contribution >= 4 is 11.6 Å². The predicted molar refractivity (Wildman–Crippen MR) is 89.1 cm³/mol. The molecule has 0 aliphatic carbocycles. The van der Waals surface area contributed by atoms with Gasteiger partial charge in [0, 0.05) is 5.02 Å². The van der Waals surface area contributed by atoms with Gasteiger partial charge < -0.3 is 0 Å². The Morgan fingerprint density at radius 3 is 2.17 bits per heavy atom. The number of rotatable bonds is 4. The van der Waals surface area contributed by atoms with E-state index in [1.165, 1.54) is 18.2 Å². The minimum absolute atomic E-state index is 0.0325. The Kier molecular flexibility index (Phi) is 5.59. The normalized spacial score (nSPS) is 13.4. The minimum atomic E-state index is -4.36. The highest BCUT2D eigenvalue weighted by molar-refractivity contribution is 6.31. The van der Waals surface area contributed by atoms with Crippen molar-refractivity contribution < 1.29 is 17.6 Å². The van der Waals surface area contributed by atoms with Crippen molar-refractivity contribution in [3.8, 4) is 0 Å². The van der Waals surface area contributed by atoms with E-state index in [2.05, 4.69) is 0 Å². The molecule has 0 heterocycles. The molecule has 0 spiro atoms. The molecule has 2 aromatic rings. The molecule has 0 saturated heterocycles. The van der Waals surface area contributed by atoms with E-state index < -0.39 is 17.6 Å². The van der Waals surface area contributed by atoms with Crippen LogP contribution in [0.2, 0.25) is 5.02 Å². The van der Waals surface area contributed by atoms with Gasteiger partial charge in [-0.1, -0.05) is 50.6 Å². The lowest BCUT2D eigenvalue weighted by Gasteiger charge is -2.19. The van der Waals surface area contributed by atoms with E-state index in [0.29, 0.717) is 11.4 Å². The third kappa shape index (κ3) is 4.29. The van der Waals surface area contributed by atoms with Crippen molar-refractivity contribution in [1.29, 1.82) is 0 Å². The zero-order valence-corrected chi connectivity index (χ0v) is 14.5. The molecule has 0 aliphatic rings. The van der Waals surface area contributed by atoms with E-state index in [-0.39, 0.29) is 17.4 Å². The fourth-order valence-electron chi connectivity index (χ4n) is 2.84. The van der Waals surface area contributed by atoms with E-state index in [4.69, 9.17) is 11.6 Å². The topological polar surface area (TPSA) is 0 Å². The van der Waals surface area contributed by atoms with Crippen molar-refractivity contribution in [2.75, 3.05) is 0 Å². The summed E-state index contributed by atoms with van der Waals surface area (Å²) < 4.78 is 52.5. The van der Waals surface area contributed by atoms with Gasteiger partial charge in [-0.15, -0.1) is 0 Å². The summed E-state index contributed by atoms with van der Waals surface area (Å²) in [5.74, 6) is -0.672. The van der Waals surface area contributed by atoms with Gasteiger partial charge in [0.05, 0.1) is 5.56 Å². The maximum atomic E-state index is 13.1. The molecule has 0 aromatic heterocycles. The molecule has 2 aromatic carbocycles. The summed E-state index contributed by atoms with van der Waals surface area (Å²) in [4.78, 5) is 0. The molecule has 2 rings (SSSR count). The van der Waals surface area contributed by atoms with Crippen molar-refractivity contribution in [2.45, 2.75) is 45.2 Å². The maximum Gasteiger partial charge on any atom is 0.416 e. The summed E-state index contributed by atoms with van der Waals surface area (Å²) in [7, 11) is 0. The summed E-state index contributed by atoms with van der Waals surface area (Å²) in [5, 5.41) is 0.332. The third-order valence-corrected chi connectivity index (χ3v) is 4.41. The first-order valence-electron chi connectivity index (χ1n) is 7.74. The third-order valence-electron chi connectivity index (χ3n) is 4.08. The van der Waals surface area contributed by atoms with Crippen molar-refractivity contribution in [1.82, 2.24) is 0 Å². The Balaban J connectivity index is 2.31. The van der Waals surface area contributed by atoms with Crippen LogP contribution in [0.15, 0.2) is 36.4 Å². The fourth-order valence-corrected chi connectivity index (χ4v) is 3.19. The molecule has 0 N–H and O–H groups in total. The molecule has 0 saturated carbocycles. The van der Waals surface area contributed by atoms with Crippen LogP contribution in [0.25, 0.3) is 0 Å². The van der Waals surface area contributed by atoms with Gasteiger partial charge in [-0.05, 0) is 53.1 Å². The average molecular weight is 359 g/mol. The SMILES string of the molecule is CC(C)c1cc(CC(C)c2ccc(F)cc2Cl)ccc1C(F)(F)F. The number of alkyl halides is 3. The maximum absolute atomic E-state index is 13.1. The van der Waals surface area contributed by atoms with Crippen LogP contribution in [0.3, 0.4) is 0 Å². The lowest BCUT2D eigenvalue weighted by molar-refractivity contribution is -0.138. The first-order valence-corrected chi connectivity index (χ1v) is 8.12. The molecule has 1 atom stereocenters. The summed E-state index contributed by atoms with van der Waals surface area (Å²) in [6.45, 7) is 5.41. The molecule has 1 unspecified atom stereocenters. The van der Waals surface area contributed by atoms with Crippen molar-refractivity contribution in [3.63, 3.8) is 0 Å². The van der Waals surface area contributed by atoms with Crippen LogP contribution in [-0.4, -0.2) is 0 Å². The molecule has 0 amide bonds. The summed E-state index contributed by atoms with van der Waals surface area (Å²) in [6, 6.07) is 8.47. The van der Waals surface area contributed by atoms with Crippen LogP contribution < -0.4 is 0 Å². The molecule has 0 aliphatic heterocycles. The van der Waals surface area contributed by atoms with Gasteiger partial charge in [-0.3, -0.25) is 0 Å². The van der Waals surface area contributed by atoms with E-state index in [1.54, 1.807) is 26.0 Å².